The molecule has 174 valence electrons. The van der Waals surface area contributed by atoms with Gasteiger partial charge >= 0.3 is 5.97 Å². The minimum Gasteiger partial charge on any atom is -0.454 e. The van der Waals surface area contributed by atoms with Gasteiger partial charge in [0.05, 0.1) is 23.7 Å². The first kappa shape index (κ1) is 22.5. The molecule has 2 aliphatic rings. The number of fused-ring (bicyclic) bond motifs is 3. The Labute approximate surface area is 198 Å². The van der Waals surface area contributed by atoms with Crippen molar-refractivity contribution in [2.45, 2.75) is 11.3 Å². The molecular formula is C26H23NO6S. The summed E-state index contributed by atoms with van der Waals surface area (Å²) >= 11 is 0. The Kier molecular flexibility index (Phi) is 6.03. The molecule has 0 aromatic heterocycles. The van der Waals surface area contributed by atoms with Crippen molar-refractivity contribution in [3.63, 3.8) is 0 Å². The van der Waals surface area contributed by atoms with Crippen LogP contribution in [0.5, 0.6) is 0 Å². The molecule has 0 spiro atoms. The first-order valence-electron chi connectivity index (χ1n) is 11.0. The molecule has 1 heterocycles. The normalized spacial score (nSPS) is 15.4. The first-order chi connectivity index (χ1) is 16.4. The van der Waals surface area contributed by atoms with Gasteiger partial charge in [0.25, 0.3) is 0 Å². The Morgan fingerprint density at radius 1 is 0.853 bits per heavy atom. The quantitative estimate of drug-likeness (QED) is 0.313. The van der Waals surface area contributed by atoms with Crippen LogP contribution < -0.4 is 0 Å². The number of rotatable bonds is 6. The molecule has 0 atom stereocenters. The van der Waals surface area contributed by atoms with Crippen LogP contribution >= 0.6 is 0 Å². The Morgan fingerprint density at radius 3 is 2.44 bits per heavy atom. The summed E-state index contributed by atoms with van der Waals surface area (Å²) in [5.74, 6) is -1.07. The molecule has 3 aromatic carbocycles. The molecule has 1 fully saturated rings. The third-order valence-electron chi connectivity index (χ3n) is 6.13. The molecule has 34 heavy (non-hydrogen) atoms. The lowest BCUT2D eigenvalue weighted by Crippen LogP contribution is -2.40. The number of esters is 1. The molecule has 1 aliphatic heterocycles. The Morgan fingerprint density at radius 2 is 1.62 bits per heavy atom. The zero-order valence-corrected chi connectivity index (χ0v) is 19.2. The fourth-order valence-electron chi connectivity index (χ4n) is 4.31. The summed E-state index contributed by atoms with van der Waals surface area (Å²) in [7, 11) is -3.74. The number of morpholine rings is 1. The largest absolute Gasteiger partial charge is 0.454 e. The van der Waals surface area contributed by atoms with Crippen molar-refractivity contribution in [3.8, 4) is 11.1 Å². The van der Waals surface area contributed by atoms with Crippen LogP contribution in [0.1, 0.15) is 31.8 Å². The van der Waals surface area contributed by atoms with E-state index < -0.39 is 22.6 Å². The second kappa shape index (κ2) is 9.13. The lowest BCUT2D eigenvalue weighted by atomic mass is 10.0. The number of ether oxygens (including phenoxy) is 2. The minimum absolute atomic E-state index is 0.00691. The van der Waals surface area contributed by atoms with E-state index in [0.29, 0.717) is 18.8 Å². The molecule has 0 radical (unpaired) electrons. The lowest BCUT2D eigenvalue weighted by molar-refractivity contribution is 0.0474. The molecule has 7 nitrogen and oxygen atoms in total. The standard InChI is InChI=1S/C26H23NO6S/c28-25(20-9-8-19-14-18-4-1-2-7-23(18)24(19)16-20)17-33-26(29)21-5-3-6-22(15-21)34(30,31)27-10-12-32-13-11-27/h1-9,15-16H,10-14,17H2. The van der Waals surface area contributed by atoms with Gasteiger partial charge in [0.1, 0.15) is 0 Å². The van der Waals surface area contributed by atoms with Crippen molar-refractivity contribution in [2.75, 3.05) is 32.9 Å². The van der Waals surface area contributed by atoms with Gasteiger partial charge in [-0.15, -0.1) is 0 Å². The predicted octanol–water partition coefficient (Wildman–Crippen LogP) is 3.32. The van der Waals surface area contributed by atoms with E-state index in [4.69, 9.17) is 9.47 Å². The van der Waals surface area contributed by atoms with E-state index in [1.807, 2.05) is 30.3 Å². The highest BCUT2D eigenvalue weighted by Gasteiger charge is 2.27. The first-order valence-corrected chi connectivity index (χ1v) is 12.5. The second-order valence-corrected chi connectivity index (χ2v) is 10.2. The molecule has 5 rings (SSSR count). The maximum Gasteiger partial charge on any atom is 0.338 e. The van der Waals surface area contributed by atoms with Gasteiger partial charge in [0.15, 0.2) is 12.4 Å². The highest BCUT2D eigenvalue weighted by molar-refractivity contribution is 7.89. The van der Waals surface area contributed by atoms with Crippen molar-refractivity contribution in [1.82, 2.24) is 4.31 Å². The Balaban J connectivity index is 1.27. The van der Waals surface area contributed by atoms with Crippen molar-refractivity contribution in [1.29, 1.82) is 0 Å². The average molecular weight is 478 g/mol. The summed E-state index contributed by atoms with van der Waals surface area (Å²) in [5, 5.41) is 0. The number of Topliss-reactive ketones (excluding diaryl/α,β-unsaturated/α-hetero) is 1. The van der Waals surface area contributed by atoms with Crippen molar-refractivity contribution in [2.24, 2.45) is 0 Å². The number of ketones is 1. The van der Waals surface area contributed by atoms with Gasteiger partial charge in [-0.1, -0.05) is 42.5 Å². The van der Waals surface area contributed by atoms with Crippen LogP contribution in [0.2, 0.25) is 0 Å². The summed E-state index contributed by atoms with van der Waals surface area (Å²) in [5.41, 5.74) is 5.06. The third-order valence-corrected chi connectivity index (χ3v) is 8.03. The predicted molar refractivity (Wildman–Crippen MR) is 125 cm³/mol. The zero-order chi connectivity index (χ0) is 23.7. The number of carbonyl (C=O) groups is 2. The van der Waals surface area contributed by atoms with Crippen LogP contribution in [-0.2, 0) is 25.9 Å². The van der Waals surface area contributed by atoms with Gasteiger partial charge in [-0.3, -0.25) is 4.79 Å². The van der Waals surface area contributed by atoms with Gasteiger partial charge in [0, 0.05) is 18.7 Å². The fourth-order valence-corrected chi connectivity index (χ4v) is 5.77. The molecular weight excluding hydrogens is 454 g/mol. The van der Waals surface area contributed by atoms with Crippen LogP contribution in [0.3, 0.4) is 0 Å². The van der Waals surface area contributed by atoms with E-state index >= 15 is 0 Å². The second-order valence-electron chi connectivity index (χ2n) is 8.25. The Bertz CT molecular complexity index is 1380. The molecule has 1 saturated heterocycles. The summed E-state index contributed by atoms with van der Waals surface area (Å²) in [6.07, 6.45) is 0.832. The van der Waals surface area contributed by atoms with E-state index in [2.05, 4.69) is 6.07 Å². The van der Waals surface area contributed by atoms with Gasteiger partial charge in [-0.2, -0.15) is 4.31 Å². The third kappa shape index (κ3) is 4.27. The fraction of sp³-hybridized carbons (Fsp3) is 0.231. The lowest BCUT2D eigenvalue weighted by Gasteiger charge is -2.26. The maximum atomic E-state index is 12.9. The Hall–Kier alpha value is -3.33. The highest BCUT2D eigenvalue weighted by atomic mass is 32.2. The summed E-state index contributed by atoms with van der Waals surface area (Å²) in [6.45, 7) is 0.752. The van der Waals surface area contributed by atoms with E-state index in [9.17, 15) is 18.0 Å². The molecule has 0 saturated carbocycles. The van der Waals surface area contributed by atoms with Crippen molar-refractivity contribution < 1.29 is 27.5 Å². The number of nitrogens with zero attached hydrogens (tertiary/aromatic N) is 1. The van der Waals surface area contributed by atoms with Crippen LogP contribution in [0.4, 0.5) is 0 Å². The average Bonchev–Trinajstić information content (AvgIpc) is 3.25. The van der Waals surface area contributed by atoms with Gasteiger partial charge in [-0.25, -0.2) is 13.2 Å². The van der Waals surface area contributed by atoms with Gasteiger partial charge in [-0.05, 0) is 52.9 Å². The minimum atomic E-state index is -3.74. The molecule has 0 N–H and O–H groups in total. The summed E-state index contributed by atoms with van der Waals surface area (Å²) in [6, 6.07) is 19.3. The van der Waals surface area contributed by atoms with E-state index in [0.717, 1.165) is 23.1 Å². The zero-order valence-electron chi connectivity index (χ0n) is 18.4. The molecule has 8 heteroatoms. The van der Waals surface area contributed by atoms with E-state index in [-0.39, 0.29) is 29.3 Å². The molecule has 0 unspecified atom stereocenters. The molecule has 3 aromatic rings. The SMILES string of the molecule is O=C(COC(=O)c1cccc(S(=O)(=O)N2CCOCC2)c1)c1ccc2c(c1)-c1ccccc1C2. The van der Waals surface area contributed by atoms with Crippen LogP contribution in [0.25, 0.3) is 11.1 Å². The monoisotopic (exact) mass is 477 g/mol. The number of sulfonamides is 1. The molecule has 0 amide bonds. The summed E-state index contributed by atoms with van der Waals surface area (Å²) in [4.78, 5) is 25.3. The molecule has 1 aliphatic carbocycles. The number of hydrogen-bond donors (Lipinski definition) is 0. The number of benzene rings is 3. The van der Waals surface area contributed by atoms with E-state index in [1.54, 1.807) is 6.07 Å². The van der Waals surface area contributed by atoms with Crippen LogP contribution in [0, 0.1) is 0 Å². The smallest absolute Gasteiger partial charge is 0.338 e. The van der Waals surface area contributed by atoms with Crippen LogP contribution in [-0.4, -0.2) is 57.4 Å². The van der Waals surface area contributed by atoms with Gasteiger partial charge in [0.2, 0.25) is 10.0 Å². The number of carbonyl (C=O) groups excluding carboxylic acids is 2. The molecule has 0 bridgehead atoms. The van der Waals surface area contributed by atoms with Crippen molar-refractivity contribution >= 4 is 21.8 Å². The van der Waals surface area contributed by atoms with Gasteiger partial charge < -0.3 is 9.47 Å². The van der Waals surface area contributed by atoms with E-state index in [1.165, 1.54) is 34.1 Å². The maximum absolute atomic E-state index is 12.9. The highest BCUT2D eigenvalue weighted by Crippen LogP contribution is 2.36. The number of hydrogen-bond acceptors (Lipinski definition) is 6. The van der Waals surface area contributed by atoms with Crippen molar-refractivity contribution in [3.05, 3.63) is 89.0 Å². The summed E-state index contributed by atoms with van der Waals surface area (Å²) < 4.78 is 37.5. The topological polar surface area (TPSA) is 90.0 Å². The van der Waals surface area contributed by atoms with Crippen LogP contribution in [0.15, 0.2) is 71.6 Å².